The minimum atomic E-state index is -0.512. The largest absolute Gasteiger partial charge is 0.381 e. The Morgan fingerprint density at radius 3 is 1.33 bits per heavy atom. The van der Waals surface area contributed by atoms with Gasteiger partial charge in [0.2, 0.25) is 11.8 Å². The quantitative estimate of drug-likeness (QED) is 0.115. The molecule has 2 aliphatic carbocycles. The van der Waals surface area contributed by atoms with E-state index in [1.807, 2.05) is 24.3 Å². The summed E-state index contributed by atoms with van der Waals surface area (Å²) in [6, 6.07) is 29.8. The molecule has 0 bridgehead atoms. The number of hydrogen-bond donors (Lipinski definition) is 4. The molecule has 0 spiro atoms. The van der Waals surface area contributed by atoms with Gasteiger partial charge in [-0.15, -0.1) is 0 Å². The van der Waals surface area contributed by atoms with Crippen molar-refractivity contribution in [3.05, 3.63) is 155 Å². The summed E-state index contributed by atoms with van der Waals surface area (Å²) in [5.74, 6) is -0.781. The molecule has 0 unspecified atom stereocenters. The molecule has 4 N–H and O–H groups in total. The lowest BCUT2D eigenvalue weighted by molar-refractivity contribution is -0.125. The first-order valence-corrected chi connectivity index (χ1v) is 23.6. The van der Waals surface area contributed by atoms with Crippen LogP contribution in [0, 0.1) is 23.5 Å². The number of pyridine rings is 2. The van der Waals surface area contributed by atoms with Gasteiger partial charge in [-0.3, -0.25) is 19.2 Å². The highest BCUT2D eigenvalue weighted by Gasteiger charge is 2.35. The Kier molecular flexibility index (Phi) is 14.5. The number of fused-ring (bicyclic) bond motifs is 4. The fourth-order valence-corrected chi connectivity index (χ4v) is 9.57. The molecule has 6 aromatic rings. The maximum atomic E-state index is 14.1. The number of methoxy groups -OCH3 is 2. The number of benzene rings is 4. The maximum Gasteiger partial charge on any atom is 0.255 e. The molecule has 2 aliphatic heterocycles. The van der Waals surface area contributed by atoms with Gasteiger partial charge in [0.05, 0.1) is 59.4 Å². The number of halogens is 2. The summed E-state index contributed by atoms with van der Waals surface area (Å²) >= 11 is 0. The Morgan fingerprint density at radius 1 is 0.543 bits per heavy atom. The van der Waals surface area contributed by atoms with Crippen LogP contribution in [0.2, 0.25) is 0 Å². The molecule has 2 saturated carbocycles. The second kappa shape index (κ2) is 21.4. The summed E-state index contributed by atoms with van der Waals surface area (Å²) in [5, 5.41) is 11.9. The predicted octanol–water partition coefficient (Wildman–Crippen LogP) is 10.5. The van der Waals surface area contributed by atoms with Crippen molar-refractivity contribution >= 4 is 69.4 Å². The highest BCUT2D eigenvalue weighted by Crippen LogP contribution is 2.40. The SMILES string of the molecule is COC1CCC(C(=O)N2Cc3cccnc3Nc3ccc(C(=O)Nc4ccccc4F)cc32)CC1.COC1CCC(C(=O)N2Cc3cccnc3Nc3ccc(C(=O)Nc4ccccc4F)cc32)CC1. The van der Waals surface area contributed by atoms with Gasteiger partial charge in [0.15, 0.2) is 0 Å². The Morgan fingerprint density at radius 2 is 0.943 bits per heavy atom. The Bertz CT molecular complexity index is 2710. The molecule has 360 valence electrons. The predicted molar refractivity (Wildman–Crippen MR) is 265 cm³/mol. The summed E-state index contributed by atoms with van der Waals surface area (Å²) in [6.45, 7) is 0.676. The van der Waals surface area contributed by atoms with Gasteiger partial charge < -0.3 is 40.5 Å². The first-order valence-electron chi connectivity index (χ1n) is 23.6. The Hall–Kier alpha value is -7.56. The fraction of sp³-hybridized carbons (Fsp3) is 0.296. The zero-order valence-electron chi connectivity index (χ0n) is 38.9. The van der Waals surface area contributed by atoms with Crippen LogP contribution in [0.5, 0.6) is 0 Å². The maximum absolute atomic E-state index is 14.1. The van der Waals surface area contributed by atoms with Gasteiger partial charge >= 0.3 is 0 Å². The van der Waals surface area contributed by atoms with E-state index >= 15 is 0 Å². The lowest BCUT2D eigenvalue weighted by atomic mass is 9.86. The standard InChI is InChI=1S/2C27H27FN4O3/c2*1-35-20-11-8-17(9-12-20)27(34)32-16-19-5-4-14-29-25(19)30-23-13-10-18(15-24(23)32)26(33)31-22-7-3-2-6-21(22)28/h2*2-7,10,13-15,17,20H,8-9,11-12,16H2,1H3,(H,29,30)(H,31,33). The van der Waals surface area contributed by atoms with Gasteiger partial charge in [-0.2, -0.15) is 0 Å². The Balaban J connectivity index is 0.000000174. The van der Waals surface area contributed by atoms with Gasteiger partial charge in [-0.05, 0) is 124 Å². The first kappa shape index (κ1) is 47.5. The number of carbonyl (C=O) groups excluding carboxylic acids is 4. The third kappa shape index (κ3) is 10.5. The van der Waals surface area contributed by atoms with E-state index in [0.29, 0.717) is 58.6 Å². The summed E-state index contributed by atoms with van der Waals surface area (Å²) in [5.41, 5.74) is 5.20. The van der Waals surface area contributed by atoms with Crippen LogP contribution in [-0.2, 0) is 32.2 Å². The number of nitrogens with zero attached hydrogens (tertiary/aromatic N) is 4. The number of carbonyl (C=O) groups is 4. The van der Waals surface area contributed by atoms with Crippen LogP contribution < -0.4 is 31.1 Å². The first-order chi connectivity index (χ1) is 34.1. The van der Waals surface area contributed by atoms with Gasteiger partial charge in [-0.25, -0.2) is 18.7 Å². The number of anilines is 8. The lowest BCUT2D eigenvalue weighted by Gasteiger charge is -2.32. The molecular weight excluding hydrogens is 895 g/mol. The van der Waals surface area contributed by atoms with Crippen LogP contribution in [-0.4, -0.2) is 60.0 Å². The molecule has 4 amide bonds. The van der Waals surface area contributed by atoms with E-state index in [2.05, 4.69) is 31.2 Å². The van der Waals surface area contributed by atoms with E-state index in [9.17, 15) is 28.0 Å². The zero-order chi connectivity index (χ0) is 48.7. The average Bonchev–Trinajstić information content (AvgIpc) is 3.67. The van der Waals surface area contributed by atoms with Crippen LogP contribution in [0.1, 0.15) is 83.2 Å². The smallest absolute Gasteiger partial charge is 0.255 e. The topological polar surface area (TPSA) is 167 Å². The van der Waals surface area contributed by atoms with Gasteiger partial charge in [0, 0.05) is 60.7 Å². The molecule has 4 aromatic carbocycles. The fourth-order valence-electron chi connectivity index (χ4n) is 9.57. The molecule has 0 saturated heterocycles. The molecule has 2 fully saturated rings. The molecule has 10 rings (SSSR count). The van der Waals surface area contributed by atoms with Crippen molar-refractivity contribution in [3.63, 3.8) is 0 Å². The number of ether oxygens (including phenoxy) is 2. The molecule has 4 heterocycles. The van der Waals surface area contributed by atoms with Gasteiger partial charge in [-0.1, -0.05) is 36.4 Å². The molecule has 0 radical (unpaired) electrons. The normalized spacial score (nSPS) is 19.1. The number of aromatic nitrogens is 2. The number of hydrogen-bond acceptors (Lipinski definition) is 10. The van der Waals surface area contributed by atoms with Gasteiger partial charge in [0.1, 0.15) is 23.3 Å². The minimum Gasteiger partial charge on any atom is -0.381 e. The van der Waals surface area contributed by atoms with Crippen LogP contribution in [0.3, 0.4) is 0 Å². The molecule has 0 atom stereocenters. The molecule has 4 aliphatic rings. The van der Waals surface area contributed by atoms with Crippen molar-refractivity contribution in [2.24, 2.45) is 11.8 Å². The van der Waals surface area contributed by atoms with Crippen molar-refractivity contribution in [2.45, 2.75) is 76.7 Å². The van der Waals surface area contributed by atoms with Crippen molar-refractivity contribution < 1.29 is 37.4 Å². The molecule has 14 nitrogen and oxygen atoms in total. The second-order valence-electron chi connectivity index (χ2n) is 17.9. The van der Waals surface area contributed by atoms with E-state index in [1.54, 1.807) is 97.1 Å². The van der Waals surface area contributed by atoms with E-state index in [1.165, 1.54) is 24.3 Å². The highest BCUT2D eigenvalue weighted by atomic mass is 19.1. The van der Waals surface area contributed by atoms with E-state index < -0.39 is 23.4 Å². The average molecular weight is 949 g/mol. The molecule has 70 heavy (non-hydrogen) atoms. The van der Waals surface area contributed by atoms with Crippen LogP contribution >= 0.6 is 0 Å². The monoisotopic (exact) mass is 948 g/mol. The molecule has 2 aromatic heterocycles. The number of amides is 4. The summed E-state index contributed by atoms with van der Waals surface area (Å²) < 4.78 is 39.1. The lowest BCUT2D eigenvalue weighted by Crippen LogP contribution is -2.38. The summed E-state index contributed by atoms with van der Waals surface area (Å²) in [6.07, 6.45) is 10.2. The summed E-state index contributed by atoms with van der Waals surface area (Å²) in [4.78, 5) is 65.9. The van der Waals surface area contributed by atoms with Crippen molar-refractivity contribution in [1.29, 1.82) is 0 Å². The van der Waals surface area contributed by atoms with E-state index in [4.69, 9.17) is 9.47 Å². The molecular formula is C54H54F2N8O6. The zero-order valence-corrected chi connectivity index (χ0v) is 38.9. The third-order valence-corrected chi connectivity index (χ3v) is 13.5. The third-order valence-electron chi connectivity index (χ3n) is 13.5. The van der Waals surface area contributed by atoms with Crippen molar-refractivity contribution in [2.75, 3.05) is 45.3 Å². The van der Waals surface area contributed by atoms with Crippen molar-refractivity contribution in [1.82, 2.24) is 9.97 Å². The number of nitrogens with one attached hydrogen (secondary N) is 4. The highest BCUT2D eigenvalue weighted by molar-refractivity contribution is 6.09. The van der Waals surface area contributed by atoms with Crippen molar-refractivity contribution in [3.8, 4) is 0 Å². The number of para-hydroxylation sites is 2. The summed E-state index contributed by atoms with van der Waals surface area (Å²) in [7, 11) is 3.42. The van der Waals surface area contributed by atoms with E-state index in [-0.39, 0.29) is 47.2 Å². The molecule has 16 heteroatoms. The van der Waals surface area contributed by atoms with Crippen LogP contribution in [0.25, 0.3) is 0 Å². The van der Waals surface area contributed by atoms with E-state index in [0.717, 1.165) is 62.5 Å². The minimum absolute atomic E-state index is 0.0194. The van der Waals surface area contributed by atoms with Gasteiger partial charge in [0.25, 0.3) is 11.8 Å². The van der Waals surface area contributed by atoms with Crippen LogP contribution in [0.15, 0.2) is 122 Å². The Labute approximate surface area is 404 Å². The number of rotatable bonds is 8. The second-order valence-corrected chi connectivity index (χ2v) is 17.9. The van der Waals surface area contributed by atoms with Crippen LogP contribution in [0.4, 0.5) is 54.5 Å².